The molecule has 0 aromatic heterocycles. The standard InChI is InChI=1S/C17H25ClFN3O/c1-10(2)15(20)17(23)21-9-12-6-7-22(3)16(12)11-4-5-13(18)14(19)8-11/h4-5,8,10,12,15-16H,6-7,9,20H2,1-3H3,(H,21,23)/t12?,15-,16?/m0/s1. The molecule has 1 aliphatic rings. The van der Waals surface area contributed by atoms with Gasteiger partial charge in [-0.05, 0) is 49.5 Å². The lowest BCUT2D eigenvalue weighted by atomic mass is 9.93. The molecule has 0 saturated carbocycles. The third-order valence-electron chi connectivity index (χ3n) is 4.62. The summed E-state index contributed by atoms with van der Waals surface area (Å²) in [5.41, 5.74) is 6.76. The maximum atomic E-state index is 13.8. The molecular formula is C17H25ClFN3O. The van der Waals surface area contributed by atoms with E-state index in [-0.39, 0.29) is 28.8 Å². The minimum Gasteiger partial charge on any atom is -0.354 e. The van der Waals surface area contributed by atoms with Crippen LogP contribution in [0.5, 0.6) is 0 Å². The van der Waals surface area contributed by atoms with Gasteiger partial charge in [0.05, 0.1) is 11.1 Å². The molecule has 3 N–H and O–H groups in total. The highest BCUT2D eigenvalue weighted by molar-refractivity contribution is 6.30. The summed E-state index contributed by atoms with van der Waals surface area (Å²) in [5, 5.41) is 3.07. The molecule has 1 aromatic carbocycles. The molecule has 1 heterocycles. The lowest BCUT2D eigenvalue weighted by molar-refractivity contribution is -0.123. The normalized spacial score (nSPS) is 23.3. The Bertz CT molecular complexity index is 567. The molecule has 3 atom stereocenters. The Kier molecular flexibility index (Phi) is 6.00. The second-order valence-electron chi connectivity index (χ2n) is 6.66. The number of hydrogen-bond acceptors (Lipinski definition) is 3. The molecule has 1 saturated heterocycles. The van der Waals surface area contributed by atoms with Crippen LogP contribution in [0.2, 0.25) is 5.02 Å². The van der Waals surface area contributed by atoms with E-state index in [0.717, 1.165) is 18.5 Å². The summed E-state index contributed by atoms with van der Waals surface area (Å²) >= 11 is 5.77. The van der Waals surface area contributed by atoms with Crippen molar-refractivity contribution in [1.82, 2.24) is 10.2 Å². The minimum absolute atomic E-state index is 0.0670. The van der Waals surface area contributed by atoms with Crippen LogP contribution in [0.1, 0.15) is 31.9 Å². The number of benzene rings is 1. The van der Waals surface area contributed by atoms with E-state index in [9.17, 15) is 9.18 Å². The Morgan fingerprint density at radius 3 is 2.83 bits per heavy atom. The summed E-state index contributed by atoms with van der Waals surface area (Å²) in [6.45, 7) is 5.30. The third kappa shape index (κ3) is 4.22. The van der Waals surface area contributed by atoms with E-state index in [2.05, 4.69) is 10.2 Å². The lowest BCUT2D eigenvalue weighted by Crippen LogP contribution is -2.45. The van der Waals surface area contributed by atoms with E-state index in [0.29, 0.717) is 6.54 Å². The van der Waals surface area contributed by atoms with Crippen molar-refractivity contribution in [2.75, 3.05) is 20.1 Å². The zero-order valence-corrected chi connectivity index (χ0v) is 14.6. The third-order valence-corrected chi connectivity index (χ3v) is 4.93. The van der Waals surface area contributed by atoms with Gasteiger partial charge in [-0.25, -0.2) is 4.39 Å². The van der Waals surface area contributed by atoms with Crippen molar-refractivity contribution in [2.24, 2.45) is 17.6 Å². The smallest absolute Gasteiger partial charge is 0.237 e. The van der Waals surface area contributed by atoms with E-state index < -0.39 is 11.9 Å². The quantitative estimate of drug-likeness (QED) is 0.865. The van der Waals surface area contributed by atoms with Crippen molar-refractivity contribution in [3.63, 3.8) is 0 Å². The van der Waals surface area contributed by atoms with Crippen molar-refractivity contribution in [1.29, 1.82) is 0 Å². The molecule has 23 heavy (non-hydrogen) atoms. The Balaban J connectivity index is 2.06. The van der Waals surface area contributed by atoms with Crippen molar-refractivity contribution >= 4 is 17.5 Å². The van der Waals surface area contributed by atoms with Crippen LogP contribution in [-0.4, -0.2) is 37.0 Å². The summed E-state index contributed by atoms with van der Waals surface area (Å²) in [4.78, 5) is 14.2. The van der Waals surface area contributed by atoms with E-state index in [1.807, 2.05) is 27.0 Å². The zero-order valence-electron chi connectivity index (χ0n) is 13.9. The first-order chi connectivity index (χ1) is 10.8. The predicted molar refractivity (Wildman–Crippen MR) is 90.7 cm³/mol. The molecule has 0 radical (unpaired) electrons. The lowest BCUT2D eigenvalue weighted by Gasteiger charge is -2.26. The number of hydrogen-bond donors (Lipinski definition) is 2. The second-order valence-corrected chi connectivity index (χ2v) is 7.07. The van der Waals surface area contributed by atoms with Crippen LogP contribution >= 0.6 is 11.6 Å². The summed E-state index contributed by atoms with van der Waals surface area (Å²) in [7, 11) is 2.01. The van der Waals surface area contributed by atoms with Crippen LogP contribution in [-0.2, 0) is 4.79 Å². The molecule has 0 aliphatic carbocycles. The number of nitrogens with one attached hydrogen (secondary N) is 1. The fraction of sp³-hybridized carbons (Fsp3) is 0.588. The number of nitrogens with two attached hydrogens (primary N) is 1. The average Bonchev–Trinajstić information content (AvgIpc) is 2.87. The van der Waals surface area contributed by atoms with Crippen LogP contribution in [0.25, 0.3) is 0 Å². The molecule has 4 nitrogen and oxygen atoms in total. The van der Waals surface area contributed by atoms with Crippen LogP contribution in [0.15, 0.2) is 18.2 Å². The fourth-order valence-electron chi connectivity index (χ4n) is 3.12. The monoisotopic (exact) mass is 341 g/mol. The number of nitrogens with zero attached hydrogens (tertiary/aromatic N) is 1. The zero-order chi connectivity index (χ0) is 17.1. The molecule has 2 rings (SSSR count). The first kappa shape index (κ1) is 18.2. The van der Waals surface area contributed by atoms with Gasteiger partial charge in [-0.3, -0.25) is 9.69 Å². The number of carbonyl (C=O) groups excluding carboxylic acids is 1. The number of rotatable bonds is 5. The summed E-state index contributed by atoms with van der Waals surface area (Å²) in [6, 6.07) is 4.50. The second kappa shape index (κ2) is 7.60. The SMILES string of the molecule is CC(C)[C@H](N)C(=O)NCC1CCN(C)C1c1ccc(Cl)c(F)c1. The van der Waals surface area contributed by atoms with Crippen LogP contribution < -0.4 is 11.1 Å². The highest BCUT2D eigenvalue weighted by Gasteiger charge is 2.33. The van der Waals surface area contributed by atoms with Gasteiger partial charge in [0.15, 0.2) is 0 Å². The van der Waals surface area contributed by atoms with Gasteiger partial charge in [-0.1, -0.05) is 31.5 Å². The maximum Gasteiger partial charge on any atom is 0.237 e. The highest BCUT2D eigenvalue weighted by atomic mass is 35.5. The first-order valence-corrected chi connectivity index (χ1v) is 8.37. The van der Waals surface area contributed by atoms with Crippen LogP contribution in [0, 0.1) is 17.7 Å². The van der Waals surface area contributed by atoms with Gasteiger partial charge >= 0.3 is 0 Å². The molecule has 1 amide bonds. The molecular weight excluding hydrogens is 317 g/mol. The molecule has 128 valence electrons. The highest BCUT2D eigenvalue weighted by Crippen LogP contribution is 2.36. The number of amides is 1. The van der Waals surface area contributed by atoms with Crippen molar-refractivity contribution in [3.8, 4) is 0 Å². The fourth-order valence-corrected chi connectivity index (χ4v) is 3.23. The largest absolute Gasteiger partial charge is 0.354 e. The Labute approximate surface area is 142 Å². The Morgan fingerprint density at radius 1 is 1.52 bits per heavy atom. The van der Waals surface area contributed by atoms with Gasteiger partial charge in [0.2, 0.25) is 5.91 Å². The molecule has 6 heteroatoms. The molecule has 2 unspecified atom stereocenters. The van der Waals surface area contributed by atoms with Gasteiger partial charge in [0.1, 0.15) is 5.82 Å². The summed E-state index contributed by atoms with van der Waals surface area (Å²) in [6.07, 6.45) is 0.947. The Morgan fingerprint density at radius 2 is 2.22 bits per heavy atom. The van der Waals surface area contributed by atoms with Crippen molar-refractivity contribution in [3.05, 3.63) is 34.6 Å². The first-order valence-electron chi connectivity index (χ1n) is 7.99. The summed E-state index contributed by atoms with van der Waals surface area (Å²) < 4.78 is 13.8. The molecule has 0 bridgehead atoms. The maximum absolute atomic E-state index is 13.8. The van der Waals surface area contributed by atoms with Crippen molar-refractivity contribution < 1.29 is 9.18 Å². The molecule has 0 spiro atoms. The summed E-state index contributed by atoms with van der Waals surface area (Å²) in [5.74, 6) is -0.212. The Hall–Kier alpha value is -1.17. The van der Waals surface area contributed by atoms with E-state index in [4.69, 9.17) is 17.3 Å². The van der Waals surface area contributed by atoms with Crippen LogP contribution in [0.4, 0.5) is 4.39 Å². The van der Waals surface area contributed by atoms with E-state index in [1.54, 1.807) is 6.07 Å². The van der Waals surface area contributed by atoms with Crippen LogP contribution in [0.3, 0.4) is 0 Å². The van der Waals surface area contributed by atoms with E-state index in [1.165, 1.54) is 6.07 Å². The minimum atomic E-state index is -0.499. The topological polar surface area (TPSA) is 58.4 Å². The average molecular weight is 342 g/mol. The van der Waals surface area contributed by atoms with Gasteiger partial charge < -0.3 is 11.1 Å². The number of likely N-dealkylation sites (tertiary alicyclic amines) is 1. The predicted octanol–water partition coefficient (Wildman–Crippen LogP) is 2.57. The van der Waals surface area contributed by atoms with Gasteiger partial charge in [0.25, 0.3) is 0 Å². The van der Waals surface area contributed by atoms with Gasteiger partial charge in [-0.15, -0.1) is 0 Å². The van der Waals surface area contributed by atoms with E-state index >= 15 is 0 Å². The number of carbonyl (C=O) groups is 1. The molecule has 1 aromatic rings. The van der Waals surface area contributed by atoms with Crippen molar-refractivity contribution in [2.45, 2.75) is 32.4 Å². The van der Waals surface area contributed by atoms with Gasteiger partial charge in [-0.2, -0.15) is 0 Å². The molecule has 1 aliphatic heterocycles. The van der Waals surface area contributed by atoms with Gasteiger partial charge in [0, 0.05) is 12.6 Å². The number of halogens is 2. The molecule has 1 fully saturated rings.